The van der Waals surface area contributed by atoms with Crippen molar-refractivity contribution < 1.29 is 25.0 Å². The van der Waals surface area contributed by atoms with E-state index in [0.29, 0.717) is 12.8 Å². The highest BCUT2D eigenvalue weighted by Crippen LogP contribution is 2.26. The predicted octanol–water partition coefficient (Wildman–Crippen LogP) is 2.50. The molecule has 5 N–H and O–H groups in total. The molecule has 2 atom stereocenters. The third kappa shape index (κ3) is 7.11. The number of amides is 2. The number of rotatable bonds is 13. The Kier molecular flexibility index (Phi) is 10.3. The minimum atomic E-state index is -1.15. The van der Waals surface area contributed by atoms with Gasteiger partial charge in [0.2, 0.25) is 11.8 Å². The largest absolute Gasteiger partial charge is 0.493 e. The van der Waals surface area contributed by atoms with Gasteiger partial charge in [0, 0.05) is 0 Å². The van der Waals surface area contributed by atoms with E-state index in [1.54, 1.807) is 5.48 Å². The lowest BCUT2D eigenvalue weighted by Crippen LogP contribution is -2.49. The number of aliphatic hydroxyl groups excluding tert-OH is 1. The van der Waals surface area contributed by atoms with Gasteiger partial charge in [-0.2, -0.15) is 0 Å². The van der Waals surface area contributed by atoms with E-state index in [9.17, 15) is 29.8 Å². The van der Waals surface area contributed by atoms with E-state index >= 15 is 0 Å². The van der Waals surface area contributed by atoms with E-state index in [1.807, 2.05) is 74.5 Å². The van der Waals surface area contributed by atoms with Gasteiger partial charge in [-0.15, -0.1) is 0 Å². The van der Waals surface area contributed by atoms with E-state index in [2.05, 4.69) is 5.32 Å². The van der Waals surface area contributed by atoms with Gasteiger partial charge in [-0.05, 0) is 42.7 Å². The molecular formula is C28H36N4O6. The summed E-state index contributed by atoms with van der Waals surface area (Å²) >= 11 is 0. The standard InChI is InChI=1S/C28H36N4O6/c1-19(2)16-23(26(35)29-22(25(34)30-38)15-9-14-20-10-5-3-6-11-20)32-27(36)24(18-33)31(28(32)37)17-21-12-7-4-8-13-21/h3-8,10-13,19,22-23,33,36,38H,9,14-18H2,1-2H3,(H,29,35)(H,30,34)/t22-,23+/m0/s1. The van der Waals surface area contributed by atoms with Gasteiger partial charge in [0.15, 0.2) is 0 Å². The summed E-state index contributed by atoms with van der Waals surface area (Å²) in [6.07, 6.45) is 1.67. The van der Waals surface area contributed by atoms with Crippen LogP contribution in [-0.2, 0) is 29.2 Å². The summed E-state index contributed by atoms with van der Waals surface area (Å²) in [6.45, 7) is 3.23. The average Bonchev–Trinajstić information content (AvgIpc) is 3.15. The Balaban J connectivity index is 1.88. The molecule has 2 aromatic carbocycles. The quantitative estimate of drug-likeness (QED) is 0.172. The van der Waals surface area contributed by atoms with Crippen molar-refractivity contribution in [2.45, 2.75) is 64.8 Å². The van der Waals surface area contributed by atoms with Gasteiger partial charge in [0.1, 0.15) is 17.8 Å². The van der Waals surface area contributed by atoms with Gasteiger partial charge in [-0.25, -0.2) is 10.3 Å². The monoisotopic (exact) mass is 524 g/mol. The van der Waals surface area contributed by atoms with Crippen LogP contribution in [-0.4, -0.2) is 42.4 Å². The molecule has 3 aromatic rings. The Morgan fingerprint density at radius 1 is 0.947 bits per heavy atom. The summed E-state index contributed by atoms with van der Waals surface area (Å²) in [4.78, 5) is 39.3. The summed E-state index contributed by atoms with van der Waals surface area (Å²) in [7, 11) is 0. The maximum absolute atomic E-state index is 13.5. The van der Waals surface area contributed by atoms with Crippen LogP contribution in [0.2, 0.25) is 0 Å². The third-order valence-corrected chi connectivity index (χ3v) is 6.44. The molecule has 1 heterocycles. The molecule has 0 fully saturated rings. The lowest BCUT2D eigenvalue weighted by Gasteiger charge is -2.23. The first-order chi connectivity index (χ1) is 18.3. The zero-order chi connectivity index (χ0) is 27.7. The predicted molar refractivity (Wildman–Crippen MR) is 142 cm³/mol. The van der Waals surface area contributed by atoms with Gasteiger partial charge in [-0.3, -0.25) is 23.9 Å². The van der Waals surface area contributed by atoms with Gasteiger partial charge in [-0.1, -0.05) is 74.5 Å². The lowest BCUT2D eigenvalue weighted by molar-refractivity contribution is -0.136. The lowest BCUT2D eigenvalue weighted by atomic mass is 10.0. The molecule has 0 radical (unpaired) electrons. The summed E-state index contributed by atoms with van der Waals surface area (Å²) in [5.41, 5.74) is 2.80. The number of nitrogens with zero attached hydrogens (tertiary/aromatic N) is 2. The van der Waals surface area contributed by atoms with Crippen LogP contribution in [0.15, 0.2) is 65.5 Å². The minimum absolute atomic E-state index is 0.00655. The number of hydroxylamine groups is 1. The fourth-order valence-corrected chi connectivity index (χ4v) is 4.51. The second kappa shape index (κ2) is 13.6. The Morgan fingerprint density at radius 3 is 2.11 bits per heavy atom. The van der Waals surface area contributed by atoms with E-state index in [0.717, 1.165) is 15.7 Å². The van der Waals surface area contributed by atoms with Crippen LogP contribution in [0.5, 0.6) is 5.88 Å². The first kappa shape index (κ1) is 28.7. The zero-order valence-electron chi connectivity index (χ0n) is 21.7. The van der Waals surface area contributed by atoms with Gasteiger partial charge >= 0.3 is 5.69 Å². The zero-order valence-corrected chi connectivity index (χ0v) is 21.7. The molecule has 0 spiro atoms. The molecule has 0 aliphatic heterocycles. The average molecular weight is 525 g/mol. The number of aliphatic hydroxyl groups is 1. The van der Waals surface area contributed by atoms with Crippen molar-refractivity contribution in [1.29, 1.82) is 0 Å². The number of hydrogen-bond donors (Lipinski definition) is 5. The molecule has 10 heteroatoms. The molecule has 0 aliphatic carbocycles. The van der Waals surface area contributed by atoms with E-state index in [1.165, 1.54) is 4.57 Å². The fourth-order valence-electron chi connectivity index (χ4n) is 4.51. The number of hydrogen-bond acceptors (Lipinski definition) is 6. The summed E-state index contributed by atoms with van der Waals surface area (Å²) in [6, 6.07) is 16.6. The van der Waals surface area contributed by atoms with Crippen molar-refractivity contribution in [3.05, 3.63) is 88.0 Å². The molecule has 0 aliphatic rings. The van der Waals surface area contributed by atoms with Crippen molar-refractivity contribution in [1.82, 2.24) is 19.9 Å². The van der Waals surface area contributed by atoms with Crippen LogP contribution >= 0.6 is 0 Å². The van der Waals surface area contributed by atoms with Crippen molar-refractivity contribution in [3.8, 4) is 5.88 Å². The van der Waals surface area contributed by atoms with Crippen LogP contribution < -0.4 is 16.5 Å². The van der Waals surface area contributed by atoms with Gasteiger partial charge in [0.05, 0.1) is 13.2 Å². The van der Waals surface area contributed by atoms with Crippen molar-refractivity contribution >= 4 is 11.8 Å². The van der Waals surface area contributed by atoms with Crippen LogP contribution in [0.1, 0.15) is 56.0 Å². The first-order valence-corrected chi connectivity index (χ1v) is 12.7. The van der Waals surface area contributed by atoms with Crippen LogP contribution in [0.25, 0.3) is 0 Å². The highest BCUT2D eigenvalue weighted by Gasteiger charge is 2.32. The van der Waals surface area contributed by atoms with Crippen molar-refractivity contribution in [2.24, 2.45) is 5.92 Å². The smallest absolute Gasteiger partial charge is 0.332 e. The molecule has 0 bridgehead atoms. The number of nitrogens with one attached hydrogen (secondary N) is 2. The first-order valence-electron chi connectivity index (χ1n) is 12.7. The molecular weight excluding hydrogens is 488 g/mol. The Bertz CT molecular complexity index is 1250. The highest BCUT2D eigenvalue weighted by molar-refractivity contribution is 5.88. The van der Waals surface area contributed by atoms with Crippen LogP contribution in [0, 0.1) is 5.92 Å². The SMILES string of the molecule is CC(C)C[C@H](C(=O)N[C@@H](CCCc1ccccc1)C(=O)NO)n1c(O)c(CO)n(Cc2ccccc2)c1=O. The number of aromatic nitrogens is 2. The number of carbonyl (C=O) groups is 2. The summed E-state index contributed by atoms with van der Waals surface area (Å²) in [5, 5.41) is 32.8. The summed E-state index contributed by atoms with van der Waals surface area (Å²) in [5.74, 6) is -1.97. The van der Waals surface area contributed by atoms with E-state index in [4.69, 9.17) is 0 Å². The molecule has 3 rings (SSSR count). The molecule has 2 amide bonds. The van der Waals surface area contributed by atoms with Gasteiger partial charge < -0.3 is 15.5 Å². The number of benzene rings is 2. The molecule has 1 aromatic heterocycles. The molecule has 38 heavy (non-hydrogen) atoms. The van der Waals surface area contributed by atoms with E-state index < -0.39 is 42.1 Å². The van der Waals surface area contributed by atoms with Crippen molar-refractivity contribution in [2.75, 3.05) is 0 Å². The highest BCUT2D eigenvalue weighted by atomic mass is 16.5. The maximum Gasteiger partial charge on any atom is 0.332 e. The Morgan fingerprint density at radius 2 is 1.55 bits per heavy atom. The number of imidazole rings is 1. The molecule has 0 saturated carbocycles. The van der Waals surface area contributed by atoms with E-state index in [-0.39, 0.29) is 31.0 Å². The maximum atomic E-state index is 13.5. The topological polar surface area (TPSA) is 146 Å². The minimum Gasteiger partial charge on any atom is -0.493 e. The molecule has 204 valence electrons. The number of aryl methyl sites for hydroxylation is 1. The summed E-state index contributed by atoms with van der Waals surface area (Å²) < 4.78 is 2.21. The van der Waals surface area contributed by atoms with Gasteiger partial charge in [0.25, 0.3) is 5.91 Å². The number of aromatic hydroxyl groups is 1. The second-order valence-electron chi connectivity index (χ2n) is 9.71. The van der Waals surface area contributed by atoms with Crippen molar-refractivity contribution in [3.63, 3.8) is 0 Å². The normalized spacial score (nSPS) is 12.8. The second-order valence-corrected chi connectivity index (χ2v) is 9.71. The molecule has 0 saturated heterocycles. The molecule has 0 unspecified atom stereocenters. The molecule has 10 nitrogen and oxygen atoms in total. The third-order valence-electron chi connectivity index (χ3n) is 6.44. The fraction of sp³-hybridized carbons (Fsp3) is 0.393. The van der Waals surface area contributed by atoms with Crippen LogP contribution in [0.4, 0.5) is 0 Å². The number of carbonyl (C=O) groups excluding carboxylic acids is 2. The van der Waals surface area contributed by atoms with Crippen LogP contribution in [0.3, 0.4) is 0 Å². The Labute approximate surface area is 221 Å². The Hall–Kier alpha value is -3.89.